The van der Waals surface area contributed by atoms with Gasteiger partial charge in [0.25, 0.3) is 0 Å². The van der Waals surface area contributed by atoms with Crippen molar-refractivity contribution in [3.8, 4) is 5.75 Å². The molecule has 2 rings (SSSR count). The van der Waals surface area contributed by atoms with E-state index >= 15 is 0 Å². The van der Waals surface area contributed by atoms with Gasteiger partial charge in [-0.05, 0) is 55.3 Å². The van der Waals surface area contributed by atoms with Gasteiger partial charge in [-0.1, -0.05) is 12.1 Å². The Kier molecular flexibility index (Phi) is 9.67. The standard InChI is InChI=1S/C23H31N3O4/c1-4-29-14-15-30-21-11-9-19(10-12-21)25-22(27)17-24-20-7-5-6-18(16-20)8-13-23(28)26(2)3/h5-7,9-12,16,24H,4,8,13-15,17H2,1-3H3,(H,25,27). The maximum Gasteiger partial charge on any atom is 0.243 e. The fourth-order valence-corrected chi connectivity index (χ4v) is 2.70. The van der Waals surface area contributed by atoms with Crippen molar-refractivity contribution in [1.29, 1.82) is 0 Å². The van der Waals surface area contributed by atoms with Crippen molar-refractivity contribution in [2.24, 2.45) is 0 Å². The predicted octanol–water partition coefficient (Wildman–Crippen LogP) is 3.17. The van der Waals surface area contributed by atoms with E-state index in [-0.39, 0.29) is 18.4 Å². The maximum absolute atomic E-state index is 12.2. The third-order valence-electron chi connectivity index (χ3n) is 4.34. The Balaban J connectivity index is 1.76. The van der Waals surface area contributed by atoms with E-state index < -0.39 is 0 Å². The largest absolute Gasteiger partial charge is 0.491 e. The fourth-order valence-electron chi connectivity index (χ4n) is 2.70. The molecular weight excluding hydrogens is 382 g/mol. The summed E-state index contributed by atoms with van der Waals surface area (Å²) >= 11 is 0. The van der Waals surface area contributed by atoms with E-state index in [1.165, 1.54) is 0 Å². The second-order valence-electron chi connectivity index (χ2n) is 6.96. The van der Waals surface area contributed by atoms with Gasteiger partial charge in [-0.2, -0.15) is 0 Å². The van der Waals surface area contributed by atoms with E-state index in [2.05, 4.69) is 10.6 Å². The highest BCUT2D eigenvalue weighted by atomic mass is 16.5. The number of carbonyl (C=O) groups is 2. The Morgan fingerprint density at radius 2 is 1.77 bits per heavy atom. The summed E-state index contributed by atoms with van der Waals surface area (Å²) in [5.74, 6) is 0.682. The molecule has 0 saturated heterocycles. The summed E-state index contributed by atoms with van der Waals surface area (Å²) in [6.45, 7) is 3.80. The Morgan fingerprint density at radius 3 is 2.47 bits per heavy atom. The van der Waals surface area contributed by atoms with Gasteiger partial charge in [-0.3, -0.25) is 9.59 Å². The SMILES string of the molecule is CCOCCOc1ccc(NC(=O)CNc2cccc(CCC(=O)N(C)C)c2)cc1. The minimum Gasteiger partial charge on any atom is -0.491 e. The van der Waals surface area contributed by atoms with Crippen molar-refractivity contribution in [2.45, 2.75) is 19.8 Å². The lowest BCUT2D eigenvalue weighted by molar-refractivity contribution is -0.128. The van der Waals surface area contributed by atoms with Crippen LogP contribution in [0.3, 0.4) is 0 Å². The topological polar surface area (TPSA) is 79.9 Å². The van der Waals surface area contributed by atoms with Gasteiger partial charge in [-0.15, -0.1) is 0 Å². The minimum absolute atomic E-state index is 0.0958. The molecule has 0 unspecified atom stereocenters. The van der Waals surface area contributed by atoms with Crippen LogP contribution in [0.25, 0.3) is 0 Å². The van der Waals surface area contributed by atoms with E-state index in [0.717, 1.165) is 17.0 Å². The lowest BCUT2D eigenvalue weighted by Crippen LogP contribution is -2.22. The van der Waals surface area contributed by atoms with Crippen molar-refractivity contribution in [2.75, 3.05) is 51.1 Å². The van der Waals surface area contributed by atoms with Crippen molar-refractivity contribution in [1.82, 2.24) is 4.90 Å². The lowest BCUT2D eigenvalue weighted by atomic mass is 10.1. The first-order valence-electron chi connectivity index (χ1n) is 10.1. The average Bonchev–Trinajstić information content (AvgIpc) is 2.75. The van der Waals surface area contributed by atoms with E-state index in [9.17, 15) is 9.59 Å². The molecule has 0 aliphatic rings. The summed E-state index contributed by atoms with van der Waals surface area (Å²) in [4.78, 5) is 25.5. The molecule has 0 spiro atoms. The molecule has 7 heteroatoms. The summed E-state index contributed by atoms with van der Waals surface area (Å²) in [5, 5.41) is 5.97. The Hall–Kier alpha value is -3.06. The number of anilines is 2. The van der Waals surface area contributed by atoms with Crippen LogP contribution >= 0.6 is 0 Å². The Morgan fingerprint density at radius 1 is 1.00 bits per heavy atom. The summed E-state index contributed by atoms with van der Waals surface area (Å²) in [6, 6.07) is 15.0. The molecule has 0 radical (unpaired) electrons. The highest BCUT2D eigenvalue weighted by Crippen LogP contribution is 2.16. The first kappa shape index (κ1) is 23.2. The molecule has 0 aliphatic heterocycles. The number of benzene rings is 2. The van der Waals surface area contributed by atoms with Crippen LogP contribution in [0.15, 0.2) is 48.5 Å². The number of nitrogens with one attached hydrogen (secondary N) is 2. The van der Waals surface area contributed by atoms with Crippen LogP contribution in [-0.4, -0.2) is 57.2 Å². The van der Waals surface area contributed by atoms with Gasteiger partial charge in [0.1, 0.15) is 12.4 Å². The van der Waals surface area contributed by atoms with E-state index in [4.69, 9.17) is 9.47 Å². The zero-order valence-electron chi connectivity index (χ0n) is 17.9. The third-order valence-corrected chi connectivity index (χ3v) is 4.34. The van der Waals surface area contributed by atoms with Gasteiger partial charge in [-0.25, -0.2) is 0 Å². The molecule has 0 atom stereocenters. The number of aryl methyl sites for hydroxylation is 1. The summed E-state index contributed by atoms with van der Waals surface area (Å²) in [6.07, 6.45) is 1.12. The van der Waals surface area contributed by atoms with Gasteiger partial charge in [0.2, 0.25) is 11.8 Å². The molecule has 0 aromatic heterocycles. The van der Waals surface area contributed by atoms with Crippen molar-refractivity contribution >= 4 is 23.2 Å². The summed E-state index contributed by atoms with van der Waals surface area (Å²) < 4.78 is 10.8. The first-order valence-corrected chi connectivity index (χ1v) is 10.1. The number of hydrogen-bond acceptors (Lipinski definition) is 5. The Bertz CT molecular complexity index is 806. The number of nitrogens with zero attached hydrogens (tertiary/aromatic N) is 1. The number of carbonyl (C=O) groups excluding carboxylic acids is 2. The zero-order chi connectivity index (χ0) is 21.8. The molecule has 0 fully saturated rings. The van der Waals surface area contributed by atoms with E-state index in [1.807, 2.05) is 43.3 Å². The second-order valence-corrected chi connectivity index (χ2v) is 6.96. The molecule has 7 nitrogen and oxygen atoms in total. The smallest absolute Gasteiger partial charge is 0.243 e. The monoisotopic (exact) mass is 413 g/mol. The molecule has 2 aromatic rings. The molecule has 0 heterocycles. The first-order chi connectivity index (χ1) is 14.5. The number of rotatable bonds is 12. The van der Waals surface area contributed by atoms with E-state index in [1.54, 1.807) is 31.1 Å². The minimum atomic E-state index is -0.145. The van der Waals surface area contributed by atoms with Gasteiger partial charge in [0, 0.05) is 38.5 Å². The number of ether oxygens (including phenoxy) is 2. The normalized spacial score (nSPS) is 10.4. The van der Waals surface area contributed by atoms with Crippen molar-refractivity contribution < 1.29 is 19.1 Å². The van der Waals surface area contributed by atoms with Crippen LogP contribution in [0, 0.1) is 0 Å². The van der Waals surface area contributed by atoms with Crippen molar-refractivity contribution in [3.05, 3.63) is 54.1 Å². The van der Waals surface area contributed by atoms with Gasteiger partial charge in [0.05, 0.1) is 13.2 Å². The zero-order valence-corrected chi connectivity index (χ0v) is 17.9. The predicted molar refractivity (Wildman–Crippen MR) is 119 cm³/mol. The molecule has 30 heavy (non-hydrogen) atoms. The highest BCUT2D eigenvalue weighted by Gasteiger charge is 2.06. The molecule has 162 valence electrons. The van der Waals surface area contributed by atoms with Crippen molar-refractivity contribution in [3.63, 3.8) is 0 Å². The van der Waals surface area contributed by atoms with E-state index in [0.29, 0.717) is 38.3 Å². The molecule has 2 aromatic carbocycles. The van der Waals surface area contributed by atoms with Gasteiger partial charge in [0.15, 0.2) is 0 Å². The van der Waals surface area contributed by atoms with Crippen LogP contribution in [0.1, 0.15) is 18.9 Å². The van der Waals surface area contributed by atoms with Crippen LogP contribution in [0.2, 0.25) is 0 Å². The van der Waals surface area contributed by atoms with Crippen LogP contribution in [0.5, 0.6) is 5.75 Å². The maximum atomic E-state index is 12.2. The molecular formula is C23H31N3O4. The van der Waals surface area contributed by atoms with Gasteiger partial charge < -0.3 is 25.0 Å². The fraction of sp³-hybridized carbons (Fsp3) is 0.391. The molecule has 0 bridgehead atoms. The Labute approximate surface area is 178 Å². The van der Waals surface area contributed by atoms with Crippen LogP contribution in [0.4, 0.5) is 11.4 Å². The summed E-state index contributed by atoms with van der Waals surface area (Å²) in [5.41, 5.74) is 2.60. The third kappa shape index (κ3) is 8.53. The number of amides is 2. The summed E-state index contributed by atoms with van der Waals surface area (Å²) in [7, 11) is 3.50. The lowest BCUT2D eigenvalue weighted by Gasteiger charge is -2.11. The average molecular weight is 414 g/mol. The molecule has 2 amide bonds. The van der Waals surface area contributed by atoms with Gasteiger partial charge >= 0.3 is 0 Å². The molecule has 0 saturated carbocycles. The van der Waals surface area contributed by atoms with Crippen LogP contribution < -0.4 is 15.4 Å². The quantitative estimate of drug-likeness (QED) is 0.523. The molecule has 0 aliphatic carbocycles. The second kappa shape index (κ2) is 12.5. The van der Waals surface area contributed by atoms with Crippen LogP contribution in [-0.2, 0) is 20.7 Å². The number of hydrogen-bond donors (Lipinski definition) is 2. The molecule has 2 N–H and O–H groups in total. The highest BCUT2D eigenvalue weighted by molar-refractivity contribution is 5.93.